The molecule has 1 aromatic heterocycles. The zero-order valence-electron chi connectivity index (χ0n) is 11.4. The molecule has 0 saturated carbocycles. The normalized spacial score (nSPS) is 12.6. The number of hydrogen-bond donors (Lipinski definition) is 1. The van der Waals surface area contributed by atoms with Crippen molar-refractivity contribution in [3.8, 4) is 0 Å². The van der Waals surface area contributed by atoms with Crippen LogP contribution in [-0.2, 0) is 13.0 Å². The monoisotopic (exact) mass is 321 g/mol. The third-order valence-electron chi connectivity index (χ3n) is 3.16. The van der Waals surface area contributed by atoms with Gasteiger partial charge in [0.05, 0.1) is 22.4 Å². The number of halogens is 1. The van der Waals surface area contributed by atoms with Crippen LogP contribution in [0.25, 0.3) is 0 Å². The quantitative estimate of drug-likeness (QED) is 0.914. The molecule has 0 saturated heterocycles. The predicted octanol–water partition coefficient (Wildman–Crippen LogP) is 3.61. The molecule has 1 aromatic carbocycles. The molecule has 3 nitrogen and oxygen atoms in total. The summed E-state index contributed by atoms with van der Waals surface area (Å²) in [4.78, 5) is 0. The van der Waals surface area contributed by atoms with E-state index in [9.17, 15) is 0 Å². The molecule has 0 fully saturated rings. The molecule has 0 aliphatic heterocycles. The fourth-order valence-corrected chi connectivity index (χ4v) is 2.91. The largest absolute Gasteiger partial charge is 0.322 e. The Morgan fingerprint density at radius 2 is 2.21 bits per heavy atom. The van der Waals surface area contributed by atoms with Gasteiger partial charge in [-0.15, -0.1) is 0 Å². The molecule has 102 valence electrons. The van der Waals surface area contributed by atoms with Crippen LogP contribution in [0.2, 0.25) is 0 Å². The van der Waals surface area contributed by atoms with Crippen molar-refractivity contribution < 1.29 is 0 Å². The lowest BCUT2D eigenvalue weighted by Gasteiger charge is -2.15. The summed E-state index contributed by atoms with van der Waals surface area (Å²) in [6, 6.07) is 8.46. The van der Waals surface area contributed by atoms with Crippen molar-refractivity contribution in [1.29, 1.82) is 0 Å². The summed E-state index contributed by atoms with van der Waals surface area (Å²) in [5, 5.41) is 4.38. The number of nitrogens with two attached hydrogens (primary N) is 1. The number of nitrogens with zero attached hydrogens (tertiary/aromatic N) is 2. The van der Waals surface area contributed by atoms with Gasteiger partial charge in [-0.2, -0.15) is 5.10 Å². The molecule has 1 unspecified atom stereocenters. The first-order valence-corrected chi connectivity index (χ1v) is 7.43. The molecule has 2 rings (SSSR count). The first-order chi connectivity index (χ1) is 9.11. The van der Waals surface area contributed by atoms with E-state index in [-0.39, 0.29) is 6.04 Å². The summed E-state index contributed by atoms with van der Waals surface area (Å²) < 4.78 is 3.01. The summed E-state index contributed by atoms with van der Waals surface area (Å²) >= 11 is 3.55. The highest BCUT2D eigenvalue weighted by molar-refractivity contribution is 9.10. The molecule has 0 bridgehead atoms. The van der Waals surface area contributed by atoms with E-state index in [2.05, 4.69) is 59.1 Å². The molecular weight excluding hydrogens is 302 g/mol. The van der Waals surface area contributed by atoms with Gasteiger partial charge >= 0.3 is 0 Å². The number of hydrogen-bond acceptors (Lipinski definition) is 2. The fourth-order valence-electron chi connectivity index (χ4n) is 2.32. The maximum absolute atomic E-state index is 6.36. The zero-order chi connectivity index (χ0) is 13.8. The molecule has 1 heterocycles. The van der Waals surface area contributed by atoms with Gasteiger partial charge in [0.1, 0.15) is 0 Å². The molecule has 2 N–H and O–H groups in total. The second-order valence-corrected chi connectivity index (χ2v) is 5.75. The average molecular weight is 322 g/mol. The van der Waals surface area contributed by atoms with Crippen LogP contribution < -0.4 is 5.73 Å². The molecule has 0 spiro atoms. The SMILES string of the molecule is CCCn1ncc(Br)c1C(N)Cc1cccc(C)c1. The highest BCUT2D eigenvalue weighted by Crippen LogP contribution is 2.25. The Morgan fingerprint density at radius 1 is 1.42 bits per heavy atom. The van der Waals surface area contributed by atoms with Crippen molar-refractivity contribution in [2.75, 3.05) is 0 Å². The molecular formula is C15H20BrN3. The van der Waals surface area contributed by atoms with Gasteiger partial charge in [0.25, 0.3) is 0 Å². The Hall–Kier alpha value is -1.13. The van der Waals surface area contributed by atoms with Crippen LogP contribution in [0.1, 0.15) is 36.2 Å². The number of rotatable bonds is 5. The Kier molecular flexibility index (Phi) is 4.77. The first-order valence-electron chi connectivity index (χ1n) is 6.64. The van der Waals surface area contributed by atoms with Gasteiger partial charge in [-0.1, -0.05) is 36.8 Å². The van der Waals surface area contributed by atoms with Crippen LogP contribution >= 0.6 is 15.9 Å². The van der Waals surface area contributed by atoms with Crippen molar-refractivity contribution in [3.05, 3.63) is 51.8 Å². The molecule has 0 aliphatic rings. The van der Waals surface area contributed by atoms with Gasteiger partial charge in [0.15, 0.2) is 0 Å². The lowest BCUT2D eigenvalue weighted by atomic mass is 10.0. The maximum atomic E-state index is 6.36. The summed E-state index contributed by atoms with van der Waals surface area (Å²) in [7, 11) is 0. The van der Waals surface area contributed by atoms with Crippen molar-refractivity contribution in [1.82, 2.24) is 9.78 Å². The van der Waals surface area contributed by atoms with Crippen LogP contribution in [0.5, 0.6) is 0 Å². The lowest BCUT2D eigenvalue weighted by molar-refractivity contribution is 0.536. The minimum absolute atomic E-state index is 0.0368. The minimum Gasteiger partial charge on any atom is -0.322 e. The van der Waals surface area contributed by atoms with E-state index in [4.69, 9.17) is 5.73 Å². The Bertz CT molecular complexity index is 548. The van der Waals surface area contributed by atoms with Gasteiger partial charge in [-0.3, -0.25) is 4.68 Å². The second-order valence-electron chi connectivity index (χ2n) is 4.90. The molecule has 4 heteroatoms. The van der Waals surface area contributed by atoms with Crippen LogP contribution in [0.15, 0.2) is 34.9 Å². The Labute approximate surface area is 122 Å². The standard InChI is InChI=1S/C15H20BrN3/c1-3-7-19-15(13(16)10-18-19)14(17)9-12-6-4-5-11(2)8-12/h4-6,8,10,14H,3,7,9,17H2,1-2H3. The Balaban J connectivity index is 2.20. The number of aryl methyl sites for hydroxylation is 2. The molecule has 0 radical (unpaired) electrons. The summed E-state index contributed by atoms with van der Waals surface area (Å²) in [6.07, 6.45) is 3.72. The third-order valence-corrected chi connectivity index (χ3v) is 3.77. The van der Waals surface area contributed by atoms with E-state index in [1.54, 1.807) is 0 Å². The second kappa shape index (κ2) is 6.35. The van der Waals surface area contributed by atoms with Crippen LogP contribution in [0.3, 0.4) is 0 Å². The topological polar surface area (TPSA) is 43.8 Å². The first kappa shape index (κ1) is 14.3. The van der Waals surface area contributed by atoms with Crippen molar-refractivity contribution >= 4 is 15.9 Å². The van der Waals surface area contributed by atoms with E-state index in [0.29, 0.717) is 0 Å². The van der Waals surface area contributed by atoms with Gasteiger partial charge < -0.3 is 5.73 Å². The molecule has 1 atom stereocenters. The van der Waals surface area contributed by atoms with Crippen molar-refractivity contribution in [3.63, 3.8) is 0 Å². The fraction of sp³-hybridized carbons (Fsp3) is 0.400. The number of benzene rings is 1. The summed E-state index contributed by atoms with van der Waals surface area (Å²) in [6.45, 7) is 5.15. The van der Waals surface area contributed by atoms with Gasteiger partial charge in [0.2, 0.25) is 0 Å². The average Bonchev–Trinajstić information content (AvgIpc) is 2.71. The summed E-state index contributed by atoms with van der Waals surface area (Å²) in [5.41, 5.74) is 9.99. The maximum Gasteiger partial charge on any atom is 0.0696 e. The van der Waals surface area contributed by atoms with E-state index >= 15 is 0 Å². The van der Waals surface area contributed by atoms with Crippen LogP contribution in [-0.4, -0.2) is 9.78 Å². The summed E-state index contributed by atoms with van der Waals surface area (Å²) in [5.74, 6) is 0. The van der Waals surface area contributed by atoms with E-state index < -0.39 is 0 Å². The highest BCUT2D eigenvalue weighted by Gasteiger charge is 2.16. The van der Waals surface area contributed by atoms with E-state index in [1.807, 2.05) is 10.9 Å². The van der Waals surface area contributed by atoms with Gasteiger partial charge in [-0.05, 0) is 41.3 Å². The predicted molar refractivity (Wildman–Crippen MR) is 82.0 cm³/mol. The third kappa shape index (κ3) is 3.45. The molecule has 2 aromatic rings. The highest BCUT2D eigenvalue weighted by atomic mass is 79.9. The van der Waals surface area contributed by atoms with Gasteiger partial charge in [0, 0.05) is 6.54 Å². The molecule has 0 amide bonds. The van der Waals surface area contributed by atoms with Crippen molar-refractivity contribution in [2.24, 2.45) is 5.73 Å². The van der Waals surface area contributed by atoms with E-state index in [0.717, 1.165) is 29.6 Å². The minimum atomic E-state index is -0.0368. The smallest absolute Gasteiger partial charge is 0.0696 e. The van der Waals surface area contributed by atoms with Gasteiger partial charge in [-0.25, -0.2) is 0 Å². The van der Waals surface area contributed by atoms with Crippen LogP contribution in [0, 0.1) is 6.92 Å². The van der Waals surface area contributed by atoms with E-state index in [1.165, 1.54) is 11.1 Å². The zero-order valence-corrected chi connectivity index (χ0v) is 13.0. The molecule has 0 aliphatic carbocycles. The Morgan fingerprint density at radius 3 is 2.89 bits per heavy atom. The van der Waals surface area contributed by atoms with Crippen LogP contribution in [0.4, 0.5) is 0 Å². The lowest BCUT2D eigenvalue weighted by Crippen LogP contribution is -2.19. The molecule has 19 heavy (non-hydrogen) atoms. The van der Waals surface area contributed by atoms with Crippen molar-refractivity contribution in [2.45, 2.75) is 39.3 Å². The number of aromatic nitrogens is 2.